The molecule has 0 bridgehead atoms. The van der Waals surface area contributed by atoms with E-state index in [0.29, 0.717) is 0 Å². The largest absolute Gasteiger partial charge is 0.385 e. The molecule has 0 spiro atoms. The van der Waals surface area contributed by atoms with Crippen LogP contribution in [0.15, 0.2) is 12.7 Å². The Balaban J connectivity index is 2.23. The van der Waals surface area contributed by atoms with Gasteiger partial charge in [-0.3, -0.25) is 0 Å². The van der Waals surface area contributed by atoms with Gasteiger partial charge in [0.1, 0.15) is 0 Å². The summed E-state index contributed by atoms with van der Waals surface area (Å²) in [6.45, 7) is 7.97. The van der Waals surface area contributed by atoms with Gasteiger partial charge in [-0.1, -0.05) is 13.0 Å². The quantitative estimate of drug-likeness (QED) is 0.609. The molecule has 0 heterocycles. The number of ether oxygens (including phenoxy) is 1. The van der Waals surface area contributed by atoms with Gasteiger partial charge in [-0.2, -0.15) is 0 Å². The summed E-state index contributed by atoms with van der Waals surface area (Å²) in [5.41, 5.74) is 0.193. The molecule has 0 radical (unpaired) electrons. The second-order valence-corrected chi connectivity index (χ2v) is 4.26. The zero-order valence-electron chi connectivity index (χ0n) is 8.81. The summed E-state index contributed by atoms with van der Waals surface area (Å²) < 4.78 is 5.09. The fraction of sp³-hybridized carbons (Fsp3) is 0.818. The van der Waals surface area contributed by atoms with Crippen molar-refractivity contribution in [3.05, 3.63) is 12.7 Å². The highest BCUT2D eigenvalue weighted by atomic mass is 16.5. The van der Waals surface area contributed by atoms with Gasteiger partial charge >= 0.3 is 0 Å². The van der Waals surface area contributed by atoms with Gasteiger partial charge in [0.2, 0.25) is 0 Å². The second-order valence-electron chi connectivity index (χ2n) is 4.26. The molecule has 0 amide bonds. The zero-order valence-corrected chi connectivity index (χ0v) is 8.81. The van der Waals surface area contributed by atoms with E-state index >= 15 is 0 Å². The number of methoxy groups -OCH3 is 1. The lowest BCUT2D eigenvalue weighted by atomic mass is 9.87. The summed E-state index contributed by atoms with van der Waals surface area (Å²) in [7, 11) is 1.75. The summed E-state index contributed by atoms with van der Waals surface area (Å²) in [6.07, 6.45) is 5.78. The Bertz CT molecular complexity index is 165. The Kier molecular flexibility index (Phi) is 3.94. The van der Waals surface area contributed by atoms with Crippen molar-refractivity contribution in [1.82, 2.24) is 5.32 Å². The third-order valence-electron chi connectivity index (χ3n) is 2.74. The molecule has 2 nitrogen and oxygen atoms in total. The van der Waals surface area contributed by atoms with Crippen LogP contribution in [0.1, 0.15) is 26.2 Å². The van der Waals surface area contributed by atoms with E-state index in [-0.39, 0.29) is 5.41 Å². The van der Waals surface area contributed by atoms with Crippen LogP contribution in [0.5, 0.6) is 0 Å². The number of hydrogen-bond donors (Lipinski definition) is 1. The summed E-state index contributed by atoms with van der Waals surface area (Å²) in [4.78, 5) is 0. The minimum atomic E-state index is 0.193. The highest BCUT2D eigenvalue weighted by Crippen LogP contribution is 2.25. The van der Waals surface area contributed by atoms with Gasteiger partial charge in [-0.25, -0.2) is 0 Å². The topological polar surface area (TPSA) is 21.3 Å². The Hall–Kier alpha value is -0.340. The first-order valence-corrected chi connectivity index (χ1v) is 5.06. The van der Waals surface area contributed by atoms with Crippen LogP contribution in [0.3, 0.4) is 0 Å². The summed E-state index contributed by atoms with van der Waals surface area (Å²) in [5, 5.41) is 3.53. The molecule has 1 fully saturated rings. The Morgan fingerprint density at radius 1 is 1.62 bits per heavy atom. The third-order valence-corrected chi connectivity index (χ3v) is 2.74. The standard InChI is InChI=1S/C11H21NO/c1-4-11(2,7-8-13-3)9-12-10-5-6-10/h4,10,12H,1,5-9H2,2-3H3. The minimum Gasteiger partial charge on any atom is -0.385 e. The molecule has 1 aliphatic carbocycles. The first kappa shape index (κ1) is 10.7. The predicted molar refractivity (Wildman–Crippen MR) is 55.8 cm³/mol. The van der Waals surface area contributed by atoms with Crippen molar-refractivity contribution < 1.29 is 4.74 Å². The van der Waals surface area contributed by atoms with E-state index < -0.39 is 0 Å². The molecular formula is C11H21NO. The van der Waals surface area contributed by atoms with Crippen LogP contribution < -0.4 is 5.32 Å². The van der Waals surface area contributed by atoms with Crippen molar-refractivity contribution in [2.24, 2.45) is 5.41 Å². The number of nitrogens with one attached hydrogen (secondary N) is 1. The Labute approximate surface area is 81.4 Å². The SMILES string of the molecule is C=CC(C)(CCOC)CNC1CC1. The molecule has 1 N–H and O–H groups in total. The molecule has 1 unspecified atom stereocenters. The van der Waals surface area contributed by atoms with Crippen molar-refractivity contribution in [2.45, 2.75) is 32.2 Å². The lowest BCUT2D eigenvalue weighted by Gasteiger charge is -2.25. The van der Waals surface area contributed by atoms with Crippen LogP contribution in [0.2, 0.25) is 0 Å². The average molecular weight is 183 g/mol. The second kappa shape index (κ2) is 4.77. The first-order valence-electron chi connectivity index (χ1n) is 5.06. The molecule has 0 aromatic heterocycles. The molecule has 1 rings (SSSR count). The van der Waals surface area contributed by atoms with E-state index in [0.717, 1.165) is 25.6 Å². The molecule has 13 heavy (non-hydrogen) atoms. The maximum absolute atomic E-state index is 5.09. The molecule has 0 aliphatic heterocycles. The lowest BCUT2D eigenvalue weighted by Crippen LogP contribution is -2.32. The van der Waals surface area contributed by atoms with Crippen LogP contribution in [-0.2, 0) is 4.74 Å². The van der Waals surface area contributed by atoms with Crippen molar-refractivity contribution in [1.29, 1.82) is 0 Å². The average Bonchev–Trinajstić information content (AvgIpc) is 2.95. The molecule has 0 saturated heterocycles. The van der Waals surface area contributed by atoms with Gasteiger partial charge < -0.3 is 10.1 Å². The molecule has 1 atom stereocenters. The van der Waals surface area contributed by atoms with Crippen LogP contribution in [0.25, 0.3) is 0 Å². The summed E-state index contributed by atoms with van der Waals surface area (Å²) in [5.74, 6) is 0. The van der Waals surface area contributed by atoms with Gasteiger partial charge in [0.05, 0.1) is 0 Å². The van der Waals surface area contributed by atoms with Crippen molar-refractivity contribution in [2.75, 3.05) is 20.3 Å². The normalized spacial score (nSPS) is 21.1. The van der Waals surface area contributed by atoms with Crippen molar-refractivity contribution >= 4 is 0 Å². The van der Waals surface area contributed by atoms with Gasteiger partial charge in [-0.15, -0.1) is 6.58 Å². The van der Waals surface area contributed by atoms with Crippen LogP contribution >= 0.6 is 0 Å². The first-order chi connectivity index (χ1) is 6.20. The van der Waals surface area contributed by atoms with Crippen molar-refractivity contribution in [3.8, 4) is 0 Å². The smallest absolute Gasteiger partial charge is 0.0470 e. The maximum Gasteiger partial charge on any atom is 0.0470 e. The third kappa shape index (κ3) is 3.92. The van der Waals surface area contributed by atoms with Crippen LogP contribution in [0, 0.1) is 5.41 Å². The molecule has 76 valence electrons. The fourth-order valence-corrected chi connectivity index (χ4v) is 1.26. The van der Waals surface area contributed by atoms with E-state index in [1.54, 1.807) is 7.11 Å². The van der Waals surface area contributed by atoms with E-state index in [4.69, 9.17) is 4.74 Å². The zero-order chi connectivity index (χ0) is 9.73. The highest BCUT2D eigenvalue weighted by Gasteiger charge is 2.25. The van der Waals surface area contributed by atoms with Gasteiger partial charge in [0.15, 0.2) is 0 Å². The lowest BCUT2D eigenvalue weighted by molar-refractivity contribution is 0.161. The molecule has 0 aromatic rings. The van der Waals surface area contributed by atoms with E-state index in [1.807, 2.05) is 6.08 Å². The molecular weight excluding hydrogens is 162 g/mol. The van der Waals surface area contributed by atoms with Crippen LogP contribution in [0.4, 0.5) is 0 Å². The van der Waals surface area contributed by atoms with E-state index in [9.17, 15) is 0 Å². The molecule has 1 aliphatic rings. The molecule has 0 aromatic carbocycles. The number of rotatable bonds is 7. The number of hydrogen-bond acceptors (Lipinski definition) is 2. The Morgan fingerprint density at radius 3 is 2.77 bits per heavy atom. The summed E-state index contributed by atoms with van der Waals surface area (Å²) >= 11 is 0. The van der Waals surface area contributed by atoms with Crippen molar-refractivity contribution in [3.63, 3.8) is 0 Å². The molecule has 1 saturated carbocycles. The van der Waals surface area contributed by atoms with Gasteiger partial charge in [0.25, 0.3) is 0 Å². The Morgan fingerprint density at radius 2 is 2.31 bits per heavy atom. The van der Waals surface area contributed by atoms with E-state index in [2.05, 4.69) is 18.8 Å². The van der Waals surface area contributed by atoms with E-state index in [1.165, 1.54) is 12.8 Å². The summed E-state index contributed by atoms with van der Waals surface area (Å²) in [6, 6.07) is 0.779. The van der Waals surface area contributed by atoms with Gasteiger partial charge in [-0.05, 0) is 24.7 Å². The minimum absolute atomic E-state index is 0.193. The van der Waals surface area contributed by atoms with Gasteiger partial charge in [0, 0.05) is 26.3 Å². The highest BCUT2D eigenvalue weighted by molar-refractivity contribution is 4.95. The van der Waals surface area contributed by atoms with Crippen LogP contribution in [-0.4, -0.2) is 26.3 Å². The maximum atomic E-state index is 5.09. The predicted octanol–water partition coefficient (Wildman–Crippen LogP) is 1.97. The molecule has 2 heteroatoms. The monoisotopic (exact) mass is 183 g/mol. The fourth-order valence-electron chi connectivity index (χ4n) is 1.26.